The quantitative estimate of drug-likeness (QED) is 0.677. The third-order valence-corrected chi connectivity index (χ3v) is 5.43. The largest absolute Gasteiger partial charge is 0.356 e. The minimum Gasteiger partial charge on any atom is -0.356 e. The molecule has 0 radical (unpaired) electrons. The van der Waals surface area contributed by atoms with Crippen LogP contribution in [0.4, 0.5) is 11.6 Å². The zero-order chi connectivity index (χ0) is 20.4. The van der Waals surface area contributed by atoms with Crippen LogP contribution >= 0.6 is 0 Å². The zero-order valence-electron chi connectivity index (χ0n) is 17.5. The first-order valence-electron chi connectivity index (χ1n) is 10.1. The van der Waals surface area contributed by atoms with E-state index < -0.39 is 0 Å². The van der Waals surface area contributed by atoms with Crippen LogP contribution in [0.15, 0.2) is 36.7 Å². The molecule has 29 heavy (non-hydrogen) atoms. The summed E-state index contributed by atoms with van der Waals surface area (Å²) in [4.78, 5) is 27.2. The van der Waals surface area contributed by atoms with Gasteiger partial charge in [-0.25, -0.2) is 19.9 Å². The lowest BCUT2D eigenvalue weighted by atomic mass is 10.0. The molecule has 0 N–H and O–H groups in total. The summed E-state index contributed by atoms with van der Waals surface area (Å²) >= 11 is 0. The van der Waals surface area contributed by atoms with Gasteiger partial charge in [0.25, 0.3) is 0 Å². The maximum atomic E-state index is 4.83. The van der Waals surface area contributed by atoms with Crippen molar-refractivity contribution in [3.8, 4) is 11.4 Å². The maximum Gasteiger partial charge on any atom is 0.161 e. The molecule has 0 amide bonds. The number of rotatable bonds is 4. The van der Waals surface area contributed by atoms with E-state index in [1.807, 2.05) is 32.9 Å². The highest BCUT2D eigenvalue weighted by Crippen LogP contribution is 2.26. The van der Waals surface area contributed by atoms with Gasteiger partial charge in [-0.1, -0.05) is 0 Å². The zero-order valence-corrected chi connectivity index (χ0v) is 17.5. The lowest BCUT2D eigenvalue weighted by Gasteiger charge is -2.38. The van der Waals surface area contributed by atoms with E-state index >= 15 is 0 Å². The van der Waals surface area contributed by atoms with E-state index in [1.54, 1.807) is 12.4 Å². The van der Waals surface area contributed by atoms with Crippen LogP contribution in [0.5, 0.6) is 0 Å². The fourth-order valence-electron chi connectivity index (χ4n) is 3.89. The highest BCUT2D eigenvalue weighted by atomic mass is 15.2. The van der Waals surface area contributed by atoms with Crippen molar-refractivity contribution in [2.24, 2.45) is 0 Å². The van der Waals surface area contributed by atoms with Crippen molar-refractivity contribution in [2.45, 2.75) is 39.7 Å². The fourth-order valence-corrected chi connectivity index (χ4v) is 3.89. The summed E-state index contributed by atoms with van der Waals surface area (Å²) in [7, 11) is 2.14. The maximum absolute atomic E-state index is 4.83. The lowest BCUT2D eigenvalue weighted by Crippen LogP contribution is -2.44. The lowest BCUT2D eigenvalue weighted by molar-refractivity contribution is 0.477. The van der Waals surface area contributed by atoms with Gasteiger partial charge in [-0.3, -0.25) is 4.98 Å². The molecule has 1 aliphatic heterocycles. The van der Waals surface area contributed by atoms with Gasteiger partial charge < -0.3 is 9.80 Å². The van der Waals surface area contributed by atoms with Gasteiger partial charge in [0.05, 0.1) is 0 Å². The molecule has 0 saturated carbocycles. The predicted octanol–water partition coefficient (Wildman–Crippen LogP) is 3.36. The van der Waals surface area contributed by atoms with Gasteiger partial charge in [0.15, 0.2) is 5.82 Å². The standard InChI is InChI=1S/C22H27N7/c1-15-14-21(26-17(3)24-15)29-11-7-19(8-12-29)28(4)20-13-16(2)25-22(27-20)18-5-9-23-10-6-18/h5-6,9-10,13-14,19H,7-8,11-12H2,1-4H3. The molecular formula is C22H27N7. The molecule has 7 heteroatoms. The van der Waals surface area contributed by atoms with Crippen LogP contribution in [0, 0.1) is 20.8 Å². The van der Waals surface area contributed by atoms with Crippen LogP contribution in [0.3, 0.4) is 0 Å². The van der Waals surface area contributed by atoms with E-state index in [0.29, 0.717) is 6.04 Å². The van der Waals surface area contributed by atoms with E-state index in [4.69, 9.17) is 4.98 Å². The van der Waals surface area contributed by atoms with Crippen molar-refractivity contribution in [2.75, 3.05) is 29.9 Å². The topological polar surface area (TPSA) is 70.9 Å². The van der Waals surface area contributed by atoms with Crippen molar-refractivity contribution in [3.63, 3.8) is 0 Å². The molecule has 150 valence electrons. The van der Waals surface area contributed by atoms with E-state index in [9.17, 15) is 0 Å². The number of hydrogen-bond donors (Lipinski definition) is 0. The highest BCUT2D eigenvalue weighted by Gasteiger charge is 2.25. The number of pyridine rings is 1. The van der Waals surface area contributed by atoms with Gasteiger partial charge in [0.1, 0.15) is 17.5 Å². The fraction of sp³-hybridized carbons (Fsp3) is 0.409. The Hall–Kier alpha value is -3.09. The molecule has 1 fully saturated rings. The highest BCUT2D eigenvalue weighted by molar-refractivity contribution is 5.57. The molecule has 1 aliphatic rings. The van der Waals surface area contributed by atoms with Crippen LogP contribution in [0.2, 0.25) is 0 Å². The Bertz CT molecular complexity index is 961. The number of hydrogen-bond acceptors (Lipinski definition) is 7. The van der Waals surface area contributed by atoms with E-state index in [1.165, 1.54) is 0 Å². The Morgan fingerprint density at radius 3 is 2.28 bits per heavy atom. The Morgan fingerprint density at radius 2 is 1.59 bits per heavy atom. The third kappa shape index (κ3) is 4.34. The van der Waals surface area contributed by atoms with Crippen molar-refractivity contribution in [1.82, 2.24) is 24.9 Å². The van der Waals surface area contributed by atoms with Crippen molar-refractivity contribution < 1.29 is 0 Å². The van der Waals surface area contributed by atoms with Gasteiger partial charge in [0, 0.05) is 67.7 Å². The average molecular weight is 390 g/mol. The first-order valence-corrected chi connectivity index (χ1v) is 10.1. The molecule has 4 rings (SSSR count). The van der Waals surface area contributed by atoms with E-state index in [0.717, 1.165) is 66.2 Å². The molecule has 0 spiro atoms. The Kier molecular flexibility index (Phi) is 5.38. The van der Waals surface area contributed by atoms with Crippen LogP contribution in [0.25, 0.3) is 11.4 Å². The first-order chi connectivity index (χ1) is 14.0. The minimum absolute atomic E-state index is 0.440. The molecular weight excluding hydrogens is 362 g/mol. The van der Waals surface area contributed by atoms with E-state index in [-0.39, 0.29) is 0 Å². The van der Waals surface area contributed by atoms with Gasteiger partial charge in [-0.2, -0.15) is 0 Å². The number of anilines is 2. The molecule has 0 aromatic carbocycles. The Balaban J connectivity index is 1.48. The summed E-state index contributed by atoms with van der Waals surface area (Å²) in [6.07, 6.45) is 5.67. The monoisotopic (exact) mass is 389 g/mol. The predicted molar refractivity (Wildman–Crippen MR) is 115 cm³/mol. The molecule has 0 aliphatic carbocycles. The van der Waals surface area contributed by atoms with Crippen molar-refractivity contribution >= 4 is 11.6 Å². The summed E-state index contributed by atoms with van der Waals surface area (Å²) in [6.45, 7) is 7.95. The minimum atomic E-state index is 0.440. The third-order valence-electron chi connectivity index (χ3n) is 5.43. The molecule has 0 atom stereocenters. The molecule has 0 bridgehead atoms. The summed E-state index contributed by atoms with van der Waals surface area (Å²) in [6, 6.07) is 8.47. The summed E-state index contributed by atoms with van der Waals surface area (Å²) in [5.74, 6) is 3.59. The van der Waals surface area contributed by atoms with Crippen LogP contribution in [-0.4, -0.2) is 51.1 Å². The average Bonchev–Trinajstić information content (AvgIpc) is 2.73. The smallest absolute Gasteiger partial charge is 0.161 e. The van der Waals surface area contributed by atoms with Gasteiger partial charge in [0.2, 0.25) is 0 Å². The first kappa shape index (κ1) is 19.2. The van der Waals surface area contributed by atoms with Gasteiger partial charge in [-0.15, -0.1) is 0 Å². The van der Waals surface area contributed by atoms with Crippen molar-refractivity contribution in [1.29, 1.82) is 0 Å². The van der Waals surface area contributed by atoms with Crippen LogP contribution in [-0.2, 0) is 0 Å². The molecule has 3 aromatic rings. The summed E-state index contributed by atoms with van der Waals surface area (Å²) < 4.78 is 0. The molecule has 0 unspecified atom stereocenters. The SMILES string of the molecule is Cc1cc(N2CCC(N(C)c3cc(C)nc(-c4ccncc4)n3)CC2)nc(C)n1. The number of aryl methyl sites for hydroxylation is 3. The Labute approximate surface area is 171 Å². The number of aromatic nitrogens is 5. The Morgan fingerprint density at radius 1 is 0.897 bits per heavy atom. The van der Waals surface area contributed by atoms with Gasteiger partial charge in [-0.05, 0) is 45.7 Å². The van der Waals surface area contributed by atoms with Crippen LogP contribution < -0.4 is 9.80 Å². The van der Waals surface area contributed by atoms with E-state index in [2.05, 4.69) is 48.9 Å². The summed E-state index contributed by atoms with van der Waals surface area (Å²) in [5.41, 5.74) is 2.98. The van der Waals surface area contributed by atoms with Crippen molar-refractivity contribution in [3.05, 3.63) is 53.9 Å². The second-order valence-corrected chi connectivity index (χ2v) is 7.67. The molecule has 4 heterocycles. The number of piperidine rings is 1. The molecule has 1 saturated heterocycles. The molecule has 7 nitrogen and oxygen atoms in total. The van der Waals surface area contributed by atoms with Gasteiger partial charge >= 0.3 is 0 Å². The molecule has 3 aromatic heterocycles. The normalized spacial score (nSPS) is 14.8. The number of nitrogens with zero attached hydrogens (tertiary/aromatic N) is 7. The summed E-state index contributed by atoms with van der Waals surface area (Å²) in [5, 5.41) is 0. The second-order valence-electron chi connectivity index (χ2n) is 7.67. The second kappa shape index (κ2) is 8.11. The van der Waals surface area contributed by atoms with Crippen LogP contribution in [0.1, 0.15) is 30.1 Å².